The zero-order chi connectivity index (χ0) is 23.5. The topological polar surface area (TPSA) is 88.0 Å². The summed E-state index contributed by atoms with van der Waals surface area (Å²) in [6.45, 7) is 1.47. The Morgan fingerprint density at radius 1 is 1.15 bits per heavy atom. The fraction of sp³-hybridized carbons (Fsp3) is 0.269. The van der Waals surface area contributed by atoms with Gasteiger partial charge in [0.25, 0.3) is 5.91 Å². The average Bonchev–Trinajstić information content (AvgIpc) is 3.59. The lowest BCUT2D eigenvalue weighted by atomic mass is 9.79. The highest BCUT2D eigenvalue weighted by molar-refractivity contribution is 8.00. The molecule has 0 bridgehead atoms. The van der Waals surface area contributed by atoms with Crippen LogP contribution in [0.4, 0.5) is 5.69 Å². The lowest BCUT2D eigenvalue weighted by molar-refractivity contribution is -0.131. The molecule has 0 spiro atoms. The Balaban J connectivity index is 1.36. The van der Waals surface area contributed by atoms with Gasteiger partial charge in [-0.25, -0.2) is 5.01 Å². The van der Waals surface area contributed by atoms with Gasteiger partial charge in [0.15, 0.2) is 0 Å². The number of hydrogen-bond acceptors (Lipinski definition) is 6. The molecule has 2 amide bonds. The van der Waals surface area contributed by atoms with Crippen LogP contribution in [0.2, 0.25) is 0 Å². The van der Waals surface area contributed by atoms with Gasteiger partial charge in [-0.15, -0.1) is 11.8 Å². The number of thioether (sulfide) groups is 1. The highest BCUT2D eigenvalue weighted by Gasteiger charge is 2.45. The molecule has 0 unspecified atom stereocenters. The Kier molecular flexibility index (Phi) is 6.40. The summed E-state index contributed by atoms with van der Waals surface area (Å²) in [4.78, 5) is 25.5. The summed E-state index contributed by atoms with van der Waals surface area (Å²) in [5, 5.41) is 9.20. The van der Waals surface area contributed by atoms with Crippen molar-refractivity contribution in [1.82, 2.24) is 5.01 Å². The highest BCUT2D eigenvalue weighted by Crippen LogP contribution is 2.44. The smallest absolute Gasteiger partial charge is 0.253 e. The lowest BCUT2D eigenvalue weighted by Crippen LogP contribution is -2.32. The van der Waals surface area contributed by atoms with Crippen LogP contribution < -0.4 is 5.32 Å². The second-order valence-corrected chi connectivity index (χ2v) is 9.41. The van der Waals surface area contributed by atoms with E-state index in [2.05, 4.69) is 5.32 Å². The van der Waals surface area contributed by atoms with E-state index in [0.29, 0.717) is 0 Å². The van der Waals surface area contributed by atoms with Gasteiger partial charge in [-0.3, -0.25) is 9.59 Å². The van der Waals surface area contributed by atoms with Crippen molar-refractivity contribution in [1.29, 1.82) is 0 Å². The summed E-state index contributed by atoms with van der Waals surface area (Å²) in [6, 6.07) is 14.8. The molecule has 174 valence electrons. The number of nitrogens with zero attached hydrogens (tertiary/aromatic N) is 2. The number of fused-ring (bicyclic) bond motifs is 1. The molecule has 0 radical (unpaired) electrons. The molecule has 2 aliphatic rings. The summed E-state index contributed by atoms with van der Waals surface area (Å²) < 4.78 is 11.3. The van der Waals surface area contributed by atoms with Gasteiger partial charge < -0.3 is 14.2 Å². The molecule has 1 aliphatic heterocycles. The first-order valence-corrected chi connectivity index (χ1v) is 12.3. The maximum Gasteiger partial charge on any atom is 0.253 e. The van der Waals surface area contributed by atoms with Gasteiger partial charge in [0.05, 0.1) is 24.0 Å². The van der Waals surface area contributed by atoms with Crippen LogP contribution in [-0.4, -0.2) is 28.3 Å². The molecule has 2 aromatic heterocycles. The number of carbonyl (C=O) groups excluding carboxylic acids is 2. The van der Waals surface area contributed by atoms with Crippen LogP contribution in [0.5, 0.6) is 0 Å². The maximum atomic E-state index is 13.4. The van der Waals surface area contributed by atoms with Crippen LogP contribution in [0.3, 0.4) is 0 Å². The quantitative estimate of drug-likeness (QED) is 0.459. The van der Waals surface area contributed by atoms with Gasteiger partial charge in [0, 0.05) is 23.4 Å². The van der Waals surface area contributed by atoms with E-state index in [0.717, 1.165) is 52.7 Å². The normalized spacial score (nSPS) is 20.8. The van der Waals surface area contributed by atoms with Crippen molar-refractivity contribution in [3.05, 3.63) is 78.2 Å². The summed E-state index contributed by atoms with van der Waals surface area (Å²) in [5.41, 5.74) is 2.79. The third-order valence-corrected chi connectivity index (χ3v) is 6.99. The molecular formula is C26H25N3O4S. The number of allylic oxidation sites excluding steroid dienone is 1. The van der Waals surface area contributed by atoms with Gasteiger partial charge >= 0.3 is 0 Å². The second kappa shape index (κ2) is 9.77. The van der Waals surface area contributed by atoms with Crippen molar-refractivity contribution in [2.45, 2.75) is 37.1 Å². The zero-order valence-corrected chi connectivity index (χ0v) is 19.6. The van der Waals surface area contributed by atoms with Crippen molar-refractivity contribution >= 4 is 41.1 Å². The summed E-state index contributed by atoms with van der Waals surface area (Å²) in [6.07, 6.45) is 8.20. The fourth-order valence-corrected chi connectivity index (χ4v) is 5.29. The Labute approximate surface area is 201 Å². The lowest BCUT2D eigenvalue weighted by Gasteiger charge is -2.27. The molecule has 1 aromatic carbocycles. The molecule has 8 heteroatoms. The van der Waals surface area contributed by atoms with Crippen molar-refractivity contribution in [2.24, 2.45) is 11.0 Å². The van der Waals surface area contributed by atoms with Gasteiger partial charge in [-0.1, -0.05) is 0 Å². The van der Waals surface area contributed by atoms with E-state index in [1.165, 1.54) is 18.7 Å². The van der Waals surface area contributed by atoms with Gasteiger partial charge in [0.2, 0.25) is 5.91 Å². The SMILES string of the molecule is CC(=O)Nc1ccc(SCC(=O)N2N=C3/C(=C\c4ccco4)CCC[C@H]3[C@@H]2c2ccco2)cc1. The maximum absolute atomic E-state index is 13.4. The van der Waals surface area contributed by atoms with Crippen molar-refractivity contribution in [2.75, 3.05) is 11.1 Å². The molecule has 1 fully saturated rings. The third-order valence-electron chi connectivity index (χ3n) is 5.99. The van der Waals surface area contributed by atoms with Gasteiger partial charge in [-0.2, -0.15) is 5.10 Å². The van der Waals surface area contributed by atoms with Crippen LogP contribution in [0, 0.1) is 5.92 Å². The fourth-order valence-electron chi connectivity index (χ4n) is 4.54. The number of carbonyl (C=O) groups is 2. The van der Waals surface area contributed by atoms with Crippen LogP contribution in [0.15, 0.2) is 85.5 Å². The molecule has 34 heavy (non-hydrogen) atoms. The minimum Gasteiger partial charge on any atom is -0.467 e. The first-order chi connectivity index (χ1) is 16.6. The second-order valence-electron chi connectivity index (χ2n) is 8.36. The zero-order valence-electron chi connectivity index (χ0n) is 18.8. The molecular weight excluding hydrogens is 450 g/mol. The summed E-state index contributed by atoms with van der Waals surface area (Å²) in [5.74, 6) is 1.69. The molecule has 7 nitrogen and oxygen atoms in total. The molecule has 2 atom stereocenters. The summed E-state index contributed by atoms with van der Waals surface area (Å²) in [7, 11) is 0. The molecule has 1 saturated carbocycles. The van der Waals surface area contributed by atoms with Crippen molar-refractivity contribution in [3.8, 4) is 0 Å². The predicted molar refractivity (Wildman–Crippen MR) is 131 cm³/mol. The van der Waals surface area contributed by atoms with E-state index in [4.69, 9.17) is 13.9 Å². The Bertz CT molecular complexity index is 1210. The molecule has 0 saturated heterocycles. The average molecular weight is 476 g/mol. The van der Waals surface area contributed by atoms with Crippen LogP contribution in [0.1, 0.15) is 43.7 Å². The van der Waals surface area contributed by atoms with Crippen LogP contribution in [-0.2, 0) is 9.59 Å². The molecule has 5 rings (SSSR count). The van der Waals surface area contributed by atoms with Gasteiger partial charge in [0.1, 0.15) is 17.6 Å². The van der Waals surface area contributed by atoms with E-state index in [-0.39, 0.29) is 29.5 Å². The number of nitrogens with one attached hydrogen (secondary N) is 1. The number of hydrazone groups is 1. The highest BCUT2D eigenvalue weighted by atomic mass is 32.2. The monoisotopic (exact) mass is 475 g/mol. The molecule has 3 aromatic rings. The van der Waals surface area contributed by atoms with Crippen molar-refractivity contribution < 1.29 is 18.4 Å². The number of rotatable bonds is 6. The van der Waals surface area contributed by atoms with Crippen LogP contribution in [0.25, 0.3) is 6.08 Å². The van der Waals surface area contributed by atoms with E-state index in [1.807, 2.05) is 54.6 Å². The Morgan fingerprint density at radius 2 is 1.94 bits per heavy atom. The van der Waals surface area contributed by atoms with Crippen molar-refractivity contribution in [3.63, 3.8) is 0 Å². The molecule has 1 N–H and O–H groups in total. The van der Waals surface area contributed by atoms with Crippen LogP contribution >= 0.6 is 11.8 Å². The standard InChI is InChI=1S/C26H25N3O4S/c1-17(30)27-19-9-11-21(12-10-19)34-16-24(31)29-26(23-8-4-14-33-23)22-7-2-5-18(25(22)28-29)15-20-6-3-13-32-20/h3-4,6,8-15,22,26H,2,5,7,16H2,1H3,(H,27,30)/b18-15-/t22-,26-/m1/s1. The number of hydrogen-bond donors (Lipinski definition) is 1. The van der Waals surface area contributed by atoms with E-state index in [9.17, 15) is 9.59 Å². The first-order valence-electron chi connectivity index (χ1n) is 11.3. The number of amides is 2. The van der Waals surface area contributed by atoms with E-state index >= 15 is 0 Å². The summed E-state index contributed by atoms with van der Waals surface area (Å²) >= 11 is 1.45. The third kappa shape index (κ3) is 4.72. The largest absolute Gasteiger partial charge is 0.467 e. The van der Waals surface area contributed by atoms with E-state index in [1.54, 1.807) is 17.5 Å². The predicted octanol–water partition coefficient (Wildman–Crippen LogP) is 5.75. The van der Waals surface area contributed by atoms with E-state index < -0.39 is 0 Å². The number of anilines is 1. The minimum atomic E-state index is -0.249. The number of furan rings is 2. The van der Waals surface area contributed by atoms with Gasteiger partial charge in [-0.05, 0) is 79.4 Å². The Hall–Kier alpha value is -3.52. The first kappa shape index (κ1) is 22.3. The molecule has 1 aliphatic carbocycles. The Morgan fingerprint density at radius 3 is 2.65 bits per heavy atom. The number of benzene rings is 1. The minimum absolute atomic E-state index is 0.0726. The molecule has 3 heterocycles.